The lowest BCUT2D eigenvalue weighted by Gasteiger charge is -2.20. The second kappa shape index (κ2) is 8.31. The van der Waals surface area contributed by atoms with Crippen molar-refractivity contribution in [2.45, 2.75) is 38.1 Å². The molecule has 136 valence electrons. The number of rotatable bonds is 8. The molecule has 2 rings (SSSR count). The summed E-state index contributed by atoms with van der Waals surface area (Å²) >= 11 is 0. The van der Waals surface area contributed by atoms with Crippen molar-refractivity contribution in [1.82, 2.24) is 4.90 Å². The van der Waals surface area contributed by atoms with Crippen LogP contribution in [0.3, 0.4) is 0 Å². The minimum absolute atomic E-state index is 0.174. The van der Waals surface area contributed by atoms with E-state index in [1.807, 2.05) is 0 Å². The molecule has 0 spiro atoms. The fraction of sp³-hybridized carbons (Fsp3) is 0.444. The normalized spacial score (nSPS) is 16.9. The minimum Gasteiger partial charge on any atom is -0.480 e. The second-order valence-corrected chi connectivity index (χ2v) is 12.8. The number of carbonyl (C=O) groups excluding carboxylic acids is 1. The lowest BCUT2D eigenvalue weighted by molar-refractivity contribution is -0.141. The summed E-state index contributed by atoms with van der Waals surface area (Å²) < 4.78 is 11.0. The first-order chi connectivity index (χ1) is 11.8. The van der Waals surface area contributed by atoms with Crippen molar-refractivity contribution < 1.29 is 24.2 Å². The molecule has 7 heteroatoms. The van der Waals surface area contributed by atoms with Crippen molar-refractivity contribution in [2.75, 3.05) is 13.4 Å². The number of benzene rings is 1. The Morgan fingerprint density at radius 2 is 1.92 bits per heavy atom. The van der Waals surface area contributed by atoms with Crippen LogP contribution in [0.1, 0.15) is 16.8 Å². The SMILES string of the molecule is C[Si](C)(C)CCOCOc1ccc(C(=O)N2C=CC[C@H]2C(=O)O)cc1. The molecule has 1 atom stereocenters. The van der Waals surface area contributed by atoms with E-state index in [2.05, 4.69) is 19.6 Å². The minimum atomic E-state index is -1.10. The lowest BCUT2D eigenvalue weighted by Crippen LogP contribution is -2.38. The number of aliphatic carboxylic acids is 1. The molecule has 0 aliphatic carbocycles. The first-order valence-corrected chi connectivity index (χ1v) is 12.0. The van der Waals surface area contributed by atoms with Gasteiger partial charge in [0.2, 0.25) is 0 Å². The topological polar surface area (TPSA) is 76.1 Å². The zero-order chi connectivity index (χ0) is 18.4. The number of carboxylic acid groups (broad SMARTS) is 1. The Balaban J connectivity index is 1.84. The fourth-order valence-corrected chi connectivity index (χ4v) is 3.10. The van der Waals surface area contributed by atoms with Crippen molar-refractivity contribution in [1.29, 1.82) is 0 Å². The number of carbonyl (C=O) groups is 2. The first-order valence-electron chi connectivity index (χ1n) is 8.31. The average molecular weight is 363 g/mol. The largest absolute Gasteiger partial charge is 0.480 e. The van der Waals surface area contributed by atoms with E-state index in [-0.39, 0.29) is 12.7 Å². The predicted molar refractivity (Wildman–Crippen MR) is 97.4 cm³/mol. The Hall–Kier alpha value is -2.12. The molecular weight excluding hydrogens is 338 g/mol. The van der Waals surface area contributed by atoms with E-state index in [0.29, 0.717) is 24.3 Å². The summed E-state index contributed by atoms with van der Waals surface area (Å²) in [4.78, 5) is 24.8. The van der Waals surface area contributed by atoms with Crippen LogP contribution in [0, 0.1) is 0 Å². The summed E-state index contributed by atoms with van der Waals surface area (Å²) in [6, 6.07) is 6.88. The van der Waals surface area contributed by atoms with Gasteiger partial charge in [0, 0.05) is 26.4 Å². The maximum atomic E-state index is 12.4. The summed E-state index contributed by atoms with van der Waals surface area (Å²) in [5, 5.41) is 9.15. The van der Waals surface area contributed by atoms with Gasteiger partial charge in [-0.05, 0) is 36.7 Å². The number of carboxylic acids is 1. The molecule has 0 aromatic heterocycles. The third-order valence-electron chi connectivity index (χ3n) is 3.89. The second-order valence-electron chi connectivity index (χ2n) is 7.19. The molecule has 0 saturated heterocycles. The quantitative estimate of drug-likeness (QED) is 0.436. The summed E-state index contributed by atoms with van der Waals surface area (Å²) in [6.07, 6.45) is 3.54. The Labute approximate surface area is 149 Å². The van der Waals surface area contributed by atoms with E-state index in [0.717, 1.165) is 6.04 Å². The van der Waals surface area contributed by atoms with E-state index in [9.17, 15) is 9.59 Å². The van der Waals surface area contributed by atoms with Gasteiger partial charge in [0.15, 0.2) is 6.79 Å². The molecular formula is C18H25NO5Si. The van der Waals surface area contributed by atoms with Gasteiger partial charge in [0.25, 0.3) is 5.91 Å². The molecule has 1 heterocycles. The number of hydrogen-bond donors (Lipinski definition) is 1. The van der Waals surface area contributed by atoms with Crippen LogP contribution >= 0.6 is 0 Å². The Bertz CT molecular complexity index is 636. The van der Waals surface area contributed by atoms with Crippen molar-refractivity contribution in [3.63, 3.8) is 0 Å². The summed E-state index contributed by atoms with van der Waals surface area (Å²) in [5.41, 5.74) is 0.421. The molecule has 25 heavy (non-hydrogen) atoms. The molecule has 1 amide bonds. The molecule has 0 radical (unpaired) electrons. The van der Waals surface area contributed by atoms with E-state index in [1.54, 1.807) is 30.3 Å². The van der Waals surface area contributed by atoms with Gasteiger partial charge in [-0.1, -0.05) is 25.7 Å². The number of hydrogen-bond acceptors (Lipinski definition) is 4. The molecule has 0 saturated carbocycles. The van der Waals surface area contributed by atoms with Crippen LogP contribution in [-0.4, -0.2) is 49.4 Å². The van der Waals surface area contributed by atoms with Gasteiger partial charge in [-0.15, -0.1) is 0 Å². The van der Waals surface area contributed by atoms with Crippen LogP contribution in [0.15, 0.2) is 36.5 Å². The van der Waals surface area contributed by atoms with Crippen LogP contribution in [-0.2, 0) is 9.53 Å². The highest BCUT2D eigenvalue weighted by Gasteiger charge is 2.31. The molecule has 1 N–H and O–H groups in total. The zero-order valence-electron chi connectivity index (χ0n) is 14.9. The standard InChI is InChI=1S/C18H25NO5Si/c1-25(2,3)12-11-23-13-24-15-8-6-14(7-9-15)17(20)19-10-4-5-16(19)18(21)22/h4,6-10,16H,5,11-13H2,1-3H3,(H,21,22)/t16-/m0/s1. The Morgan fingerprint density at radius 3 is 2.52 bits per heavy atom. The summed E-state index contributed by atoms with van der Waals surface area (Å²) in [5.74, 6) is -0.732. The highest BCUT2D eigenvalue weighted by Crippen LogP contribution is 2.20. The molecule has 1 aliphatic heterocycles. The van der Waals surface area contributed by atoms with Crippen LogP contribution in [0.25, 0.3) is 0 Å². The molecule has 0 bridgehead atoms. The number of amides is 1. The van der Waals surface area contributed by atoms with E-state index in [1.165, 1.54) is 11.1 Å². The monoisotopic (exact) mass is 363 g/mol. The van der Waals surface area contributed by atoms with Gasteiger partial charge in [-0.2, -0.15) is 0 Å². The molecule has 6 nitrogen and oxygen atoms in total. The average Bonchev–Trinajstić information content (AvgIpc) is 3.03. The molecule has 1 aromatic carbocycles. The Morgan fingerprint density at radius 1 is 1.24 bits per heavy atom. The zero-order valence-corrected chi connectivity index (χ0v) is 15.9. The van der Waals surface area contributed by atoms with Crippen molar-refractivity contribution in [3.05, 3.63) is 42.1 Å². The summed E-state index contributed by atoms with van der Waals surface area (Å²) in [6.45, 7) is 7.73. The van der Waals surface area contributed by atoms with Crippen molar-refractivity contribution >= 4 is 20.0 Å². The molecule has 0 fully saturated rings. The Kier molecular flexibility index (Phi) is 6.38. The van der Waals surface area contributed by atoms with E-state index < -0.39 is 20.1 Å². The van der Waals surface area contributed by atoms with Gasteiger partial charge in [-0.25, -0.2) is 4.79 Å². The van der Waals surface area contributed by atoms with Gasteiger partial charge in [0.1, 0.15) is 11.8 Å². The van der Waals surface area contributed by atoms with Gasteiger partial charge in [0.05, 0.1) is 0 Å². The van der Waals surface area contributed by atoms with Gasteiger partial charge < -0.3 is 19.5 Å². The smallest absolute Gasteiger partial charge is 0.327 e. The highest BCUT2D eigenvalue weighted by atomic mass is 28.3. The van der Waals surface area contributed by atoms with Crippen molar-refractivity contribution in [2.24, 2.45) is 0 Å². The fourth-order valence-electron chi connectivity index (χ4n) is 2.34. The third-order valence-corrected chi connectivity index (χ3v) is 5.59. The van der Waals surface area contributed by atoms with Gasteiger partial charge >= 0.3 is 5.97 Å². The summed E-state index contributed by atoms with van der Waals surface area (Å²) in [7, 11) is -1.10. The van der Waals surface area contributed by atoms with Gasteiger partial charge in [-0.3, -0.25) is 4.79 Å². The first kappa shape index (κ1) is 19.2. The molecule has 1 aliphatic rings. The molecule has 0 unspecified atom stereocenters. The molecule has 1 aromatic rings. The number of nitrogens with zero attached hydrogens (tertiary/aromatic N) is 1. The third kappa shape index (κ3) is 5.72. The predicted octanol–water partition coefficient (Wildman–Crippen LogP) is 3.19. The van der Waals surface area contributed by atoms with Crippen LogP contribution in [0.2, 0.25) is 25.7 Å². The van der Waals surface area contributed by atoms with E-state index in [4.69, 9.17) is 14.6 Å². The maximum Gasteiger partial charge on any atom is 0.327 e. The lowest BCUT2D eigenvalue weighted by atomic mass is 10.1. The van der Waals surface area contributed by atoms with Crippen LogP contribution in [0.4, 0.5) is 0 Å². The highest BCUT2D eigenvalue weighted by molar-refractivity contribution is 6.76. The number of ether oxygens (including phenoxy) is 2. The van der Waals surface area contributed by atoms with Crippen LogP contribution < -0.4 is 4.74 Å². The van der Waals surface area contributed by atoms with Crippen LogP contribution in [0.5, 0.6) is 5.75 Å². The van der Waals surface area contributed by atoms with E-state index >= 15 is 0 Å². The maximum absolute atomic E-state index is 12.4. The van der Waals surface area contributed by atoms with Crippen molar-refractivity contribution in [3.8, 4) is 5.75 Å².